The van der Waals surface area contributed by atoms with Crippen LogP contribution in [0.1, 0.15) is 5.56 Å². The largest absolute Gasteiger partial charge is 0.433 e. The van der Waals surface area contributed by atoms with Gasteiger partial charge in [-0.3, -0.25) is 0 Å². The molecule has 0 aromatic heterocycles. The van der Waals surface area contributed by atoms with E-state index in [-0.39, 0.29) is 17.5 Å². The van der Waals surface area contributed by atoms with Gasteiger partial charge in [0.1, 0.15) is 5.75 Å². The van der Waals surface area contributed by atoms with Crippen LogP contribution < -0.4 is 15.0 Å². The van der Waals surface area contributed by atoms with Gasteiger partial charge in [-0.15, -0.1) is 0 Å². The molecule has 144 valence electrons. The molecule has 1 heterocycles. The number of amides is 2. The molecular weight excluding hydrogens is 376 g/mol. The lowest BCUT2D eigenvalue weighted by Gasteiger charge is -2.36. The number of carbonyl (C=O) groups excluding carboxylic acids is 1. The Hall–Kier alpha value is -2.54. The highest BCUT2D eigenvalue weighted by Crippen LogP contribution is 2.30. The number of anilines is 2. The zero-order chi connectivity index (χ0) is 19.4. The van der Waals surface area contributed by atoms with E-state index in [0.29, 0.717) is 36.8 Å². The lowest BCUT2D eigenvalue weighted by atomic mass is 10.2. The summed E-state index contributed by atoms with van der Waals surface area (Å²) < 4.78 is 29.7. The number of carbonyl (C=O) groups is 1. The highest BCUT2D eigenvalue weighted by Gasteiger charge is 2.23. The number of piperazine rings is 1. The maximum atomic E-state index is 12.6. The number of para-hydroxylation sites is 1. The molecule has 27 heavy (non-hydrogen) atoms. The maximum absolute atomic E-state index is 12.6. The molecule has 0 saturated carbocycles. The Labute approximate surface area is 161 Å². The topological polar surface area (TPSA) is 44.8 Å². The second-order valence-corrected chi connectivity index (χ2v) is 6.65. The number of hydrogen-bond acceptors (Lipinski definition) is 3. The Balaban J connectivity index is 1.63. The van der Waals surface area contributed by atoms with Crippen molar-refractivity contribution in [3.8, 4) is 5.75 Å². The fourth-order valence-corrected chi connectivity index (χ4v) is 3.21. The molecule has 0 unspecified atom stereocenters. The highest BCUT2D eigenvalue weighted by molar-refractivity contribution is 6.30. The molecule has 2 aromatic carbocycles. The normalized spacial score (nSPS) is 14.4. The van der Waals surface area contributed by atoms with Gasteiger partial charge in [0.15, 0.2) is 0 Å². The van der Waals surface area contributed by atoms with Gasteiger partial charge in [-0.1, -0.05) is 29.8 Å². The van der Waals surface area contributed by atoms with Gasteiger partial charge in [0.05, 0.1) is 5.69 Å². The number of nitrogens with one attached hydrogen (secondary N) is 1. The summed E-state index contributed by atoms with van der Waals surface area (Å²) in [7, 11) is 0. The summed E-state index contributed by atoms with van der Waals surface area (Å²) in [5, 5.41) is 3.37. The first-order valence-corrected chi connectivity index (χ1v) is 8.92. The van der Waals surface area contributed by atoms with Crippen molar-refractivity contribution in [1.82, 2.24) is 4.90 Å². The van der Waals surface area contributed by atoms with E-state index in [2.05, 4.69) is 15.0 Å². The predicted octanol–water partition coefficient (Wildman–Crippen LogP) is 4.60. The van der Waals surface area contributed by atoms with Crippen molar-refractivity contribution in [2.24, 2.45) is 0 Å². The molecule has 1 fully saturated rings. The molecule has 0 aliphatic carbocycles. The quantitative estimate of drug-likeness (QED) is 0.822. The minimum Gasteiger partial charge on any atom is -0.433 e. The zero-order valence-electron chi connectivity index (χ0n) is 14.8. The molecule has 0 radical (unpaired) electrons. The summed E-state index contributed by atoms with van der Waals surface area (Å²) >= 11 is 6.03. The number of hydrogen-bond donors (Lipinski definition) is 1. The van der Waals surface area contributed by atoms with Gasteiger partial charge in [-0.2, -0.15) is 8.78 Å². The molecule has 0 spiro atoms. The lowest BCUT2D eigenvalue weighted by molar-refractivity contribution is -0.0493. The van der Waals surface area contributed by atoms with Gasteiger partial charge in [0.2, 0.25) is 0 Å². The van der Waals surface area contributed by atoms with Crippen molar-refractivity contribution < 1.29 is 18.3 Å². The molecular formula is C19H20ClF2N3O2. The molecule has 5 nitrogen and oxygen atoms in total. The predicted molar refractivity (Wildman–Crippen MR) is 102 cm³/mol. The summed E-state index contributed by atoms with van der Waals surface area (Å²) in [6, 6.07) is 12.0. The lowest BCUT2D eigenvalue weighted by Crippen LogP contribution is -2.50. The molecule has 0 bridgehead atoms. The first-order chi connectivity index (χ1) is 12.9. The molecule has 1 saturated heterocycles. The molecule has 1 aliphatic heterocycles. The van der Waals surface area contributed by atoms with Crippen molar-refractivity contribution in [1.29, 1.82) is 0 Å². The molecule has 2 aromatic rings. The zero-order valence-corrected chi connectivity index (χ0v) is 15.5. The van der Waals surface area contributed by atoms with Gasteiger partial charge in [-0.05, 0) is 36.8 Å². The van der Waals surface area contributed by atoms with Crippen LogP contribution in [0.3, 0.4) is 0 Å². The first-order valence-electron chi connectivity index (χ1n) is 8.55. The van der Waals surface area contributed by atoms with Crippen LogP contribution >= 0.6 is 11.6 Å². The summed E-state index contributed by atoms with van der Waals surface area (Å²) in [5.41, 5.74) is 1.92. The molecule has 3 rings (SSSR count). The van der Waals surface area contributed by atoms with Gasteiger partial charge in [0.25, 0.3) is 0 Å². The summed E-state index contributed by atoms with van der Waals surface area (Å²) in [6.07, 6.45) is 0. The van der Waals surface area contributed by atoms with E-state index < -0.39 is 6.61 Å². The number of aryl methyl sites for hydroxylation is 1. The monoisotopic (exact) mass is 395 g/mol. The van der Waals surface area contributed by atoms with Gasteiger partial charge >= 0.3 is 12.6 Å². The van der Waals surface area contributed by atoms with Crippen LogP contribution in [-0.2, 0) is 0 Å². The molecule has 0 atom stereocenters. The van der Waals surface area contributed by atoms with E-state index in [9.17, 15) is 13.6 Å². The Kier molecular flexibility index (Phi) is 6.01. The number of benzene rings is 2. The third kappa shape index (κ3) is 4.80. The number of ether oxygens (including phenoxy) is 1. The Morgan fingerprint density at radius 1 is 1.15 bits per heavy atom. The summed E-state index contributed by atoms with van der Waals surface area (Å²) in [4.78, 5) is 16.4. The Bertz CT molecular complexity index is 811. The Morgan fingerprint density at radius 3 is 2.52 bits per heavy atom. The average Bonchev–Trinajstić information content (AvgIpc) is 2.64. The average molecular weight is 396 g/mol. The molecule has 1 N–H and O–H groups in total. The van der Waals surface area contributed by atoms with E-state index in [1.807, 2.05) is 24.3 Å². The maximum Gasteiger partial charge on any atom is 0.387 e. The summed E-state index contributed by atoms with van der Waals surface area (Å²) in [6.45, 7) is 1.10. The minimum absolute atomic E-state index is 0.0455. The van der Waals surface area contributed by atoms with E-state index in [0.717, 1.165) is 5.69 Å². The van der Waals surface area contributed by atoms with Crippen molar-refractivity contribution in [3.05, 3.63) is 53.1 Å². The van der Waals surface area contributed by atoms with Crippen LogP contribution in [0.25, 0.3) is 0 Å². The SMILES string of the molecule is Cc1cccc(OC(F)F)c1NC(=O)N1CCN(c2cccc(Cl)c2)CC1. The van der Waals surface area contributed by atoms with E-state index in [1.54, 1.807) is 24.0 Å². The van der Waals surface area contributed by atoms with Crippen molar-refractivity contribution in [2.75, 3.05) is 36.4 Å². The first kappa shape index (κ1) is 19.2. The number of rotatable bonds is 4. The van der Waals surface area contributed by atoms with Crippen molar-refractivity contribution in [2.45, 2.75) is 13.5 Å². The fraction of sp³-hybridized carbons (Fsp3) is 0.316. The van der Waals surface area contributed by atoms with Crippen LogP contribution in [0.15, 0.2) is 42.5 Å². The summed E-state index contributed by atoms with van der Waals surface area (Å²) in [5.74, 6) is -0.0455. The highest BCUT2D eigenvalue weighted by atomic mass is 35.5. The smallest absolute Gasteiger partial charge is 0.387 e. The van der Waals surface area contributed by atoms with Gasteiger partial charge < -0.3 is 19.9 Å². The Morgan fingerprint density at radius 2 is 1.85 bits per heavy atom. The minimum atomic E-state index is -2.95. The molecule has 1 aliphatic rings. The van der Waals surface area contributed by atoms with Gasteiger partial charge in [0, 0.05) is 36.9 Å². The van der Waals surface area contributed by atoms with Crippen molar-refractivity contribution in [3.63, 3.8) is 0 Å². The number of nitrogens with zero attached hydrogens (tertiary/aromatic N) is 2. The molecule has 2 amide bonds. The van der Waals surface area contributed by atoms with Crippen molar-refractivity contribution >= 4 is 29.0 Å². The van der Waals surface area contributed by atoms with E-state index in [4.69, 9.17) is 11.6 Å². The van der Waals surface area contributed by atoms with Crippen LogP contribution in [0.2, 0.25) is 5.02 Å². The van der Waals surface area contributed by atoms with E-state index >= 15 is 0 Å². The van der Waals surface area contributed by atoms with Crippen LogP contribution in [-0.4, -0.2) is 43.7 Å². The number of halogens is 3. The van der Waals surface area contributed by atoms with Crippen LogP contribution in [0.4, 0.5) is 25.0 Å². The second kappa shape index (κ2) is 8.43. The third-order valence-corrected chi connectivity index (χ3v) is 4.66. The van der Waals surface area contributed by atoms with Gasteiger partial charge in [-0.25, -0.2) is 4.79 Å². The van der Waals surface area contributed by atoms with E-state index in [1.165, 1.54) is 6.07 Å². The number of urea groups is 1. The fourth-order valence-electron chi connectivity index (χ4n) is 3.02. The second-order valence-electron chi connectivity index (χ2n) is 6.21. The van der Waals surface area contributed by atoms with Crippen LogP contribution in [0.5, 0.6) is 5.75 Å². The number of alkyl halides is 2. The third-order valence-electron chi connectivity index (χ3n) is 4.42. The molecule has 8 heteroatoms. The van der Waals surface area contributed by atoms with Crippen LogP contribution in [0, 0.1) is 6.92 Å². The standard InChI is InChI=1S/C19H20ClF2N3O2/c1-13-4-2-7-16(27-18(21)22)17(13)23-19(26)25-10-8-24(9-11-25)15-6-3-5-14(20)12-15/h2-7,12,18H,8-11H2,1H3,(H,23,26).